The minimum absolute atomic E-state index is 0.0957. The van der Waals surface area contributed by atoms with E-state index in [9.17, 15) is 9.59 Å². The largest absolute Gasteiger partial charge is 0.456 e. The fourth-order valence-electron chi connectivity index (χ4n) is 3.59. The van der Waals surface area contributed by atoms with E-state index < -0.39 is 0 Å². The number of rotatable bonds is 7. The van der Waals surface area contributed by atoms with Crippen LogP contribution in [0.3, 0.4) is 0 Å². The number of hydrogen-bond donors (Lipinski definition) is 1. The second kappa shape index (κ2) is 6.80. The first-order valence-electron chi connectivity index (χ1n) is 8.67. The molecule has 0 aliphatic heterocycles. The van der Waals surface area contributed by atoms with Crippen molar-refractivity contribution in [3.05, 3.63) is 0 Å². The number of ether oxygens (including phenoxy) is 1. The third kappa shape index (κ3) is 4.72. The Morgan fingerprint density at radius 2 is 1.57 bits per heavy atom. The molecular formula is C17H27NO3. The van der Waals surface area contributed by atoms with Gasteiger partial charge in [-0.3, -0.25) is 9.59 Å². The van der Waals surface area contributed by atoms with E-state index in [1.54, 1.807) is 0 Å². The predicted molar refractivity (Wildman–Crippen MR) is 79.5 cm³/mol. The monoisotopic (exact) mass is 293 g/mol. The first-order chi connectivity index (χ1) is 10.2. The maximum Gasteiger partial charge on any atom is 0.306 e. The van der Waals surface area contributed by atoms with Gasteiger partial charge in [0.15, 0.2) is 6.61 Å². The van der Waals surface area contributed by atoms with Crippen molar-refractivity contribution in [2.45, 2.75) is 70.3 Å². The molecule has 4 nitrogen and oxygen atoms in total. The van der Waals surface area contributed by atoms with Crippen molar-refractivity contribution in [2.75, 3.05) is 6.61 Å². The lowest BCUT2D eigenvalue weighted by atomic mass is 9.87. The molecule has 3 aliphatic carbocycles. The molecule has 3 fully saturated rings. The second-order valence-electron chi connectivity index (χ2n) is 7.14. The van der Waals surface area contributed by atoms with Gasteiger partial charge in [-0.1, -0.05) is 19.3 Å². The van der Waals surface area contributed by atoms with Crippen LogP contribution in [0.15, 0.2) is 0 Å². The van der Waals surface area contributed by atoms with Gasteiger partial charge in [-0.15, -0.1) is 0 Å². The van der Waals surface area contributed by atoms with Gasteiger partial charge in [-0.25, -0.2) is 0 Å². The number of carbonyl (C=O) groups excluding carboxylic acids is 2. The van der Waals surface area contributed by atoms with Crippen molar-refractivity contribution in [3.8, 4) is 0 Å². The Labute approximate surface area is 127 Å². The van der Waals surface area contributed by atoms with E-state index in [2.05, 4.69) is 5.32 Å². The van der Waals surface area contributed by atoms with Crippen LogP contribution >= 0.6 is 0 Å². The maximum absolute atomic E-state index is 11.9. The molecule has 118 valence electrons. The molecule has 0 aromatic rings. The van der Waals surface area contributed by atoms with Gasteiger partial charge < -0.3 is 10.1 Å². The number of carbonyl (C=O) groups is 2. The Morgan fingerprint density at radius 3 is 2.14 bits per heavy atom. The summed E-state index contributed by atoms with van der Waals surface area (Å²) >= 11 is 0. The molecule has 0 atom stereocenters. The van der Waals surface area contributed by atoms with E-state index in [-0.39, 0.29) is 18.5 Å². The molecule has 1 amide bonds. The highest BCUT2D eigenvalue weighted by Gasteiger charge is 2.42. The lowest BCUT2D eigenvalue weighted by Crippen LogP contribution is -2.40. The summed E-state index contributed by atoms with van der Waals surface area (Å²) in [5.41, 5.74) is 0. The zero-order valence-corrected chi connectivity index (χ0v) is 12.8. The fraction of sp³-hybridized carbons (Fsp3) is 0.882. The highest BCUT2D eigenvalue weighted by Crippen LogP contribution is 2.44. The highest BCUT2D eigenvalue weighted by molar-refractivity contribution is 5.80. The smallest absolute Gasteiger partial charge is 0.306 e. The summed E-state index contributed by atoms with van der Waals surface area (Å²) < 4.78 is 5.16. The van der Waals surface area contributed by atoms with Gasteiger partial charge in [0.2, 0.25) is 0 Å². The molecule has 0 aromatic heterocycles. The van der Waals surface area contributed by atoms with Crippen molar-refractivity contribution < 1.29 is 14.3 Å². The Balaban J connectivity index is 1.33. The third-order valence-corrected chi connectivity index (χ3v) is 5.13. The predicted octanol–water partition coefficient (Wildman–Crippen LogP) is 2.80. The van der Waals surface area contributed by atoms with Crippen molar-refractivity contribution in [2.24, 2.45) is 17.8 Å². The van der Waals surface area contributed by atoms with Crippen LogP contribution in [0.4, 0.5) is 0 Å². The number of amides is 1. The second-order valence-corrected chi connectivity index (χ2v) is 7.14. The standard InChI is InChI=1S/C17H27NO3/c19-15(18-17(13-6-7-13)14-8-9-14)11-21-16(20)10-12-4-2-1-3-5-12/h12-14,17H,1-11H2,(H,18,19). The summed E-state index contributed by atoms with van der Waals surface area (Å²) in [4.78, 5) is 23.7. The molecular weight excluding hydrogens is 266 g/mol. The Hall–Kier alpha value is -1.06. The topological polar surface area (TPSA) is 55.4 Å². The molecule has 3 rings (SSSR count). The van der Waals surface area contributed by atoms with Gasteiger partial charge in [0.1, 0.15) is 0 Å². The minimum atomic E-state index is -0.202. The molecule has 0 saturated heterocycles. The van der Waals surface area contributed by atoms with Crippen LogP contribution in [-0.4, -0.2) is 24.5 Å². The molecule has 3 aliphatic rings. The third-order valence-electron chi connectivity index (χ3n) is 5.13. The Bertz CT molecular complexity index is 369. The Kier molecular flexibility index (Phi) is 4.81. The van der Waals surface area contributed by atoms with Crippen LogP contribution < -0.4 is 5.32 Å². The van der Waals surface area contributed by atoms with Crippen molar-refractivity contribution in [3.63, 3.8) is 0 Å². The quantitative estimate of drug-likeness (QED) is 0.734. The molecule has 0 aromatic carbocycles. The summed E-state index contributed by atoms with van der Waals surface area (Å²) in [6.45, 7) is -0.0957. The van der Waals surface area contributed by atoms with E-state index >= 15 is 0 Å². The maximum atomic E-state index is 11.9. The number of esters is 1. The molecule has 21 heavy (non-hydrogen) atoms. The van der Waals surface area contributed by atoms with Gasteiger partial charge in [0.05, 0.1) is 0 Å². The van der Waals surface area contributed by atoms with Crippen molar-refractivity contribution >= 4 is 11.9 Å². The minimum Gasteiger partial charge on any atom is -0.456 e. The molecule has 4 heteroatoms. The average molecular weight is 293 g/mol. The van der Waals surface area contributed by atoms with Gasteiger partial charge in [0.25, 0.3) is 5.91 Å². The van der Waals surface area contributed by atoms with Crippen LogP contribution in [0.5, 0.6) is 0 Å². The lowest BCUT2D eigenvalue weighted by molar-refractivity contribution is -0.150. The van der Waals surface area contributed by atoms with Crippen molar-refractivity contribution in [1.82, 2.24) is 5.32 Å². The number of nitrogens with one attached hydrogen (secondary N) is 1. The molecule has 0 unspecified atom stereocenters. The van der Waals surface area contributed by atoms with Crippen LogP contribution in [0, 0.1) is 17.8 Å². The van der Waals surface area contributed by atoms with Crippen LogP contribution in [0.1, 0.15) is 64.2 Å². The zero-order valence-electron chi connectivity index (χ0n) is 12.8. The summed E-state index contributed by atoms with van der Waals surface area (Å²) in [6.07, 6.45) is 11.4. The summed E-state index contributed by atoms with van der Waals surface area (Å²) in [7, 11) is 0. The van der Waals surface area contributed by atoms with Crippen LogP contribution in [-0.2, 0) is 14.3 Å². The first-order valence-corrected chi connectivity index (χ1v) is 8.67. The van der Waals surface area contributed by atoms with Crippen LogP contribution in [0.2, 0.25) is 0 Å². The molecule has 0 spiro atoms. The normalized spacial score (nSPS) is 23.1. The van der Waals surface area contributed by atoms with Gasteiger partial charge in [-0.2, -0.15) is 0 Å². The average Bonchev–Trinajstić information content (AvgIpc) is 3.37. The van der Waals surface area contributed by atoms with Crippen molar-refractivity contribution in [1.29, 1.82) is 0 Å². The van der Waals surface area contributed by atoms with E-state index in [0.717, 1.165) is 12.8 Å². The Morgan fingerprint density at radius 1 is 0.952 bits per heavy atom. The van der Waals surface area contributed by atoms with Gasteiger partial charge in [-0.05, 0) is 56.3 Å². The zero-order chi connectivity index (χ0) is 14.7. The van der Waals surface area contributed by atoms with Gasteiger partial charge in [0, 0.05) is 12.5 Å². The summed E-state index contributed by atoms with van der Waals surface area (Å²) in [5, 5.41) is 3.08. The van der Waals surface area contributed by atoms with E-state index in [1.807, 2.05) is 0 Å². The molecule has 0 heterocycles. The fourth-order valence-corrected chi connectivity index (χ4v) is 3.59. The molecule has 3 saturated carbocycles. The van der Waals surface area contributed by atoms with Crippen LogP contribution in [0.25, 0.3) is 0 Å². The molecule has 1 N–H and O–H groups in total. The summed E-state index contributed by atoms with van der Waals surface area (Å²) in [5.74, 6) is 1.51. The molecule has 0 radical (unpaired) electrons. The van der Waals surface area contributed by atoms with E-state index in [0.29, 0.717) is 30.2 Å². The molecule has 0 bridgehead atoms. The first kappa shape index (κ1) is 14.9. The number of hydrogen-bond acceptors (Lipinski definition) is 3. The SMILES string of the molecule is O=C(COC(=O)CC1CCCCC1)NC(C1CC1)C1CC1. The van der Waals surface area contributed by atoms with E-state index in [1.165, 1.54) is 44.9 Å². The highest BCUT2D eigenvalue weighted by atomic mass is 16.5. The lowest BCUT2D eigenvalue weighted by Gasteiger charge is -2.21. The summed E-state index contributed by atoms with van der Waals surface area (Å²) in [6, 6.07) is 0.342. The van der Waals surface area contributed by atoms with Gasteiger partial charge >= 0.3 is 5.97 Å². The van der Waals surface area contributed by atoms with E-state index in [4.69, 9.17) is 4.74 Å².